The molecule has 5 rings (SSSR count). The SMILES string of the molecule is Cc1ccc(-c2c3sc4cc5ccccc5nc4c3cc[n+]2C)c(C)c1. The molecule has 3 heteroatoms. The van der Waals surface area contributed by atoms with E-state index in [9.17, 15) is 0 Å². The Bertz CT molecular complexity index is 1310. The second kappa shape index (κ2) is 5.61. The Labute approximate surface area is 156 Å². The molecule has 0 unspecified atom stereocenters. The molecule has 0 aliphatic carbocycles. The smallest absolute Gasteiger partial charge is 0.230 e. The minimum Gasteiger partial charge on any atom is -0.246 e. The van der Waals surface area contributed by atoms with Gasteiger partial charge in [-0.25, -0.2) is 4.98 Å². The summed E-state index contributed by atoms with van der Waals surface area (Å²) in [6, 6.07) is 19.5. The van der Waals surface area contributed by atoms with Gasteiger partial charge in [-0.2, -0.15) is 4.57 Å². The van der Waals surface area contributed by atoms with E-state index < -0.39 is 0 Å². The molecular formula is C23H19N2S+. The molecule has 3 aromatic heterocycles. The van der Waals surface area contributed by atoms with E-state index >= 15 is 0 Å². The van der Waals surface area contributed by atoms with Gasteiger partial charge in [0.1, 0.15) is 11.7 Å². The van der Waals surface area contributed by atoms with Crippen LogP contribution in [-0.2, 0) is 7.05 Å². The summed E-state index contributed by atoms with van der Waals surface area (Å²) in [6.07, 6.45) is 2.15. The third-order valence-corrected chi connectivity index (χ3v) is 6.22. The number of nitrogens with zero attached hydrogens (tertiary/aromatic N) is 2. The van der Waals surface area contributed by atoms with Gasteiger partial charge in [0.25, 0.3) is 0 Å². The highest BCUT2D eigenvalue weighted by atomic mass is 32.1. The van der Waals surface area contributed by atoms with Crippen LogP contribution in [0, 0.1) is 13.8 Å². The number of para-hydroxylation sites is 1. The molecule has 0 saturated carbocycles. The highest BCUT2D eigenvalue weighted by Crippen LogP contribution is 2.39. The number of thiophene rings is 1. The van der Waals surface area contributed by atoms with Gasteiger partial charge in [-0.15, -0.1) is 11.3 Å². The average Bonchev–Trinajstić information content (AvgIpc) is 2.98. The minimum atomic E-state index is 1.06. The zero-order valence-corrected chi connectivity index (χ0v) is 15.9. The topological polar surface area (TPSA) is 16.8 Å². The van der Waals surface area contributed by atoms with E-state index in [-0.39, 0.29) is 0 Å². The first kappa shape index (κ1) is 15.5. The molecule has 0 aliphatic rings. The summed E-state index contributed by atoms with van der Waals surface area (Å²) in [5, 5.41) is 2.44. The van der Waals surface area contributed by atoms with Crippen molar-refractivity contribution >= 4 is 42.5 Å². The summed E-state index contributed by atoms with van der Waals surface area (Å²) in [7, 11) is 2.13. The van der Waals surface area contributed by atoms with Gasteiger partial charge in [0, 0.05) is 16.8 Å². The number of fused-ring (bicyclic) bond motifs is 4. The molecule has 0 spiro atoms. The van der Waals surface area contributed by atoms with Crippen molar-refractivity contribution in [3.05, 3.63) is 71.9 Å². The standard InChI is InChI=1S/C23H19N2S/c1-14-8-9-17(15(2)12-14)22-23-18(10-11-25(22)3)21-20(26-23)13-16-6-4-5-7-19(16)24-21/h4-13H,1-3H3/q+1. The van der Waals surface area contributed by atoms with Crippen molar-refractivity contribution < 1.29 is 4.57 Å². The van der Waals surface area contributed by atoms with Gasteiger partial charge >= 0.3 is 0 Å². The fourth-order valence-corrected chi connectivity index (χ4v) is 5.07. The molecule has 0 aliphatic heterocycles. The van der Waals surface area contributed by atoms with E-state index in [0.717, 1.165) is 11.0 Å². The van der Waals surface area contributed by atoms with Gasteiger partial charge in [0.05, 0.1) is 21.3 Å². The zero-order valence-electron chi connectivity index (χ0n) is 15.1. The molecule has 2 nitrogen and oxygen atoms in total. The zero-order chi connectivity index (χ0) is 17.8. The van der Waals surface area contributed by atoms with E-state index in [2.05, 4.69) is 86.3 Å². The van der Waals surface area contributed by atoms with Crippen LogP contribution in [0.1, 0.15) is 11.1 Å². The maximum Gasteiger partial charge on any atom is 0.230 e. The van der Waals surface area contributed by atoms with Crippen LogP contribution in [-0.4, -0.2) is 4.98 Å². The van der Waals surface area contributed by atoms with Crippen molar-refractivity contribution in [1.29, 1.82) is 0 Å². The summed E-state index contributed by atoms with van der Waals surface area (Å²) in [5.74, 6) is 0. The molecule has 26 heavy (non-hydrogen) atoms. The maximum absolute atomic E-state index is 4.97. The minimum absolute atomic E-state index is 1.06. The monoisotopic (exact) mass is 355 g/mol. The quantitative estimate of drug-likeness (QED) is 0.352. The van der Waals surface area contributed by atoms with Crippen LogP contribution in [0.2, 0.25) is 0 Å². The Kier molecular flexibility index (Phi) is 3.34. The van der Waals surface area contributed by atoms with Gasteiger partial charge < -0.3 is 0 Å². The van der Waals surface area contributed by atoms with Crippen molar-refractivity contribution in [2.45, 2.75) is 13.8 Å². The van der Waals surface area contributed by atoms with Crippen LogP contribution in [0.15, 0.2) is 60.8 Å². The molecule has 0 saturated heterocycles. The van der Waals surface area contributed by atoms with E-state index in [1.54, 1.807) is 0 Å². The van der Waals surface area contributed by atoms with Crippen molar-refractivity contribution in [3.8, 4) is 11.3 Å². The average molecular weight is 355 g/mol. The summed E-state index contributed by atoms with van der Waals surface area (Å²) < 4.78 is 4.78. The van der Waals surface area contributed by atoms with Gasteiger partial charge in [0.2, 0.25) is 5.69 Å². The Morgan fingerprint density at radius 1 is 0.962 bits per heavy atom. The summed E-state index contributed by atoms with van der Waals surface area (Å²) in [6.45, 7) is 4.34. The van der Waals surface area contributed by atoms with Crippen LogP contribution in [0.5, 0.6) is 0 Å². The molecule has 0 fully saturated rings. The molecule has 0 radical (unpaired) electrons. The Morgan fingerprint density at radius 3 is 2.65 bits per heavy atom. The van der Waals surface area contributed by atoms with Crippen molar-refractivity contribution in [2.24, 2.45) is 7.05 Å². The number of aryl methyl sites for hydroxylation is 3. The van der Waals surface area contributed by atoms with Crippen molar-refractivity contribution in [2.75, 3.05) is 0 Å². The fraction of sp³-hybridized carbons (Fsp3) is 0.130. The molecule has 126 valence electrons. The summed E-state index contributed by atoms with van der Waals surface area (Å²) >= 11 is 1.84. The van der Waals surface area contributed by atoms with Gasteiger partial charge in [-0.05, 0) is 37.6 Å². The second-order valence-electron chi connectivity index (χ2n) is 6.97. The van der Waals surface area contributed by atoms with Crippen LogP contribution in [0.25, 0.3) is 42.5 Å². The van der Waals surface area contributed by atoms with Crippen molar-refractivity contribution in [1.82, 2.24) is 4.98 Å². The van der Waals surface area contributed by atoms with E-state index in [0.29, 0.717) is 0 Å². The number of aromatic nitrogens is 2. The predicted octanol–water partition coefficient (Wildman–Crippen LogP) is 5.71. The molecule has 5 aromatic rings. The largest absolute Gasteiger partial charge is 0.246 e. The first-order valence-electron chi connectivity index (χ1n) is 8.80. The highest BCUT2D eigenvalue weighted by Gasteiger charge is 2.21. The Balaban J connectivity index is 1.91. The van der Waals surface area contributed by atoms with E-state index in [1.165, 1.54) is 42.6 Å². The Morgan fingerprint density at radius 2 is 1.81 bits per heavy atom. The number of rotatable bonds is 1. The van der Waals surface area contributed by atoms with Gasteiger partial charge in [-0.1, -0.05) is 35.9 Å². The predicted molar refractivity (Wildman–Crippen MR) is 111 cm³/mol. The number of benzene rings is 2. The third kappa shape index (κ3) is 2.24. The van der Waals surface area contributed by atoms with E-state index in [1.807, 2.05) is 11.3 Å². The lowest BCUT2D eigenvalue weighted by atomic mass is 10.0. The summed E-state index contributed by atoms with van der Waals surface area (Å²) in [4.78, 5) is 4.97. The van der Waals surface area contributed by atoms with Crippen LogP contribution >= 0.6 is 11.3 Å². The molecule has 3 heterocycles. The second-order valence-corrected chi connectivity index (χ2v) is 8.02. The third-order valence-electron chi connectivity index (χ3n) is 5.07. The fourth-order valence-electron chi connectivity index (χ4n) is 3.78. The first-order chi connectivity index (χ1) is 12.6. The molecule has 0 N–H and O–H groups in total. The number of hydrogen-bond acceptors (Lipinski definition) is 2. The maximum atomic E-state index is 4.97. The number of pyridine rings is 2. The molecule has 0 atom stereocenters. The van der Waals surface area contributed by atoms with Gasteiger partial charge in [-0.3, -0.25) is 0 Å². The van der Waals surface area contributed by atoms with Crippen LogP contribution < -0.4 is 4.57 Å². The Hall–Kier alpha value is -2.78. The van der Waals surface area contributed by atoms with Crippen molar-refractivity contribution in [3.63, 3.8) is 0 Å². The molecule has 0 amide bonds. The molecule has 2 aromatic carbocycles. The normalized spacial score (nSPS) is 11.7. The highest BCUT2D eigenvalue weighted by molar-refractivity contribution is 7.26. The van der Waals surface area contributed by atoms with E-state index in [4.69, 9.17) is 4.98 Å². The van der Waals surface area contributed by atoms with Crippen LogP contribution in [0.4, 0.5) is 0 Å². The molecular weight excluding hydrogens is 336 g/mol. The van der Waals surface area contributed by atoms with Crippen LogP contribution in [0.3, 0.4) is 0 Å². The molecule has 0 bridgehead atoms. The lowest BCUT2D eigenvalue weighted by molar-refractivity contribution is -0.659. The first-order valence-corrected chi connectivity index (χ1v) is 9.62. The summed E-state index contributed by atoms with van der Waals surface area (Å²) in [5.41, 5.74) is 7.33. The number of hydrogen-bond donors (Lipinski definition) is 0. The lowest BCUT2D eigenvalue weighted by Crippen LogP contribution is -2.30. The lowest BCUT2D eigenvalue weighted by Gasteiger charge is -2.06. The van der Waals surface area contributed by atoms with Gasteiger partial charge in [0.15, 0.2) is 6.20 Å².